The molecule has 2 atom stereocenters. The van der Waals surface area contributed by atoms with Crippen LogP contribution in [0.1, 0.15) is 27.4 Å². The van der Waals surface area contributed by atoms with Crippen LogP contribution in [0, 0.1) is 6.92 Å². The number of hydrogen-bond acceptors (Lipinski definition) is 5. The lowest BCUT2D eigenvalue weighted by Gasteiger charge is -2.19. The molecule has 1 N–H and O–H groups in total. The molecule has 1 aliphatic rings. The van der Waals surface area contributed by atoms with Gasteiger partial charge in [-0.25, -0.2) is 4.79 Å². The predicted molar refractivity (Wildman–Crippen MR) is 91.1 cm³/mol. The minimum atomic E-state index is -0.635. The largest absolute Gasteiger partial charge is 0.464 e. The van der Waals surface area contributed by atoms with Crippen molar-refractivity contribution in [3.05, 3.63) is 71.3 Å². The maximum absolute atomic E-state index is 12.9. The van der Waals surface area contributed by atoms with E-state index < -0.39 is 17.9 Å². The van der Waals surface area contributed by atoms with Crippen LogP contribution in [0.4, 0.5) is 0 Å². The Balaban J connectivity index is 1.98. The van der Waals surface area contributed by atoms with Gasteiger partial charge in [-0.05, 0) is 12.5 Å². The van der Waals surface area contributed by atoms with Gasteiger partial charge >= 0.3 is 5.97 Å². The summed E-state index contributed by atoms with van der Waals surface area (Å²) in [6, 6.07) is 16.1. The van der Waals surface area contributed by atoms with Crippen molar-refractivity contribution in [1.82, 2.24) is 5.43 Å². The predicted octanol–water partition coefficient (Wildman–Crippen LogP) is 2.46. The number of aryl methyl sites for hydroxylation is 1. The average molecular weight is 322 g/mol. The van der Waals surface area contributed by atoms with E-state index in [2.05, 4.69) is 10.5 Å². The number of methoxy groups -OCH3 is 1. The number of benzene rings is 2. The van der Waals surface area contributed by atoms with E-state index in [9.17, 15) is 9.59 Å². The van der Waals surface area contributed by atoms with Crippen molar-refractivity contribution >= 4 is 17.5 Å². The zero-order chi connectivity index (χ0) is 17.1. The second-order valence-corrected chi connectivity index (χ2v) is 5.71. The Hall–Kier alpha value is -2.95. The zero-order valence-corrected chi connectivity index (χ0v) is 13.5. The van der Waals surface area contributed by atoms with Gasteiger partial charge < -0.3 is 4.74 Å². The summed E-state index contributed by atoms with van der Waals surface area (Å²) >= 11 is 0. The number of hydrogen-bond donors (Lipinski definition) is 1. The third kappa shape index (κ3) is 2.93. The maximum atomic E-state index is 12.9. The average Bonchev–Trinajstić information content (AvgIpc) is 3.06. The number of nitrogens with zero attached hydrogens (tertiary/aromatic N) is 1. The van der Waals surface area contributed by atoms with Crippen LogP contribution in [0.25, 0.3) is 0 Å². The smallest absolute Gasteiger partial charge is 0.354 e. The number of carbonyl (C=O) groups excluding carboxylic acids is 2. The zero-order valence-electron chi connectivity index (χ0n) is 13.5. The molecule has 0 amide bonds. The fourth-order valence-corrected chi connectivity index (χ4v) is 2.83. The molecule has 0 fully saturated rings. The van der Waals surface area contributed by atoms with E-state index in [-0.39, 0.29) is 11.5 Å². The van der Waals surface area contributed by atoms with Crippen molar-refractivity contribution in [2.75, 3.05) is 7.11 Å². The Bertz CT molecular complexity index is 782. The van der Waals surface area contributed by atoms with Crippen LogP contribution >= 0.6 is 0 Å². The minimum absolute atomic E-state index is 0.108. The molecule has 0 saturated carbocycles. The van der Waals surface area contributed by atoms with Crippen LogP contribution in [-0.2, 0) is 9.53 Å². The van der Waals surface area contributed by atoms with Crippen LogP contribution in [0.5, 0.6) is 0 Å². The highest BCUT2D eigenvalue weighted by atomic mass is 16.5. The van der Waals surface area contributed by atoms with Crippen molar-refractivity contribution in [3.8, 4) is 0 Å². The molecule has 0 saturated heterocycles. The van der Waals surface area contributed by atoms with Crippen LogP contribution in [0.3, 0.4) is 0 Å². The monoisotopic (exact) mass is 322 g/mol. The van der Waals surface area contributed by atoms with Crippen LogP contribution in [-0.4, -0.2) is 30.6 Å². The fraction of sp³-hybridized carbons (Fsp3) is 0.211. The third-order valence-corrected chi connectivity index (χ3v) is 4.12. The van der Waals surface area contributed by atoms with E-state index in [1.807, 2.05) is 49.4 Å². The van der Waals surface area contributed by atoms with Gasteiger partial charge in [0.2, 0.25) is 0 Å². The summed E-state index contributed by atoms with van der Waals surface area (Å²) in [6.45, 7) is 1.98. The molecule has 122 valence electrons. The number of ether oxygens (including phenoxy) is 1. The molecule has 3 rings (SSSR count). The van der Waals surface area contributed by atoms with Crippen LogP contribution < -0.4 is 5.43 Å². The van der Waals surface area contributed by atoms with Crippen molar-refractivity contribution in [2.45, 2.75) is 18.9 Å². The Morgan fingerprint density at radius 3 is 2.33 bits per heavy atom. The highest BCUT2D eigenvalue weighted by molar-refractivity contribution is 6.40. The van der Waals surface area contributed by atoms with Crippen molar-refractivity contribution < 1.29 is 14.3 Å². The molecule has 0 spiro atoms. The molecule has 1 aliphatic heterocycles. The molecule has 5 heteroatoms. The number of ketones is 1. The molecule has 24 heavy (non-hydrogen) atoms. The quantitative estimate of drug-likeness (QED) is 0.693. The van der Waals surface area contributed by atoms with Gasteiger partial charge in [-0.1, -0.05) is 60.2 Å². The summed E-state index contributed by atoms with van der Waals surface area (Å²) in [4.78, 5) is 24.9. The highest BCUT2D eigenvalue weighted by Crippen LogP contribution is 2.29. The van der Waals surface area contributed by atoms with Gasteiger partial charge in [0.25, 0.3) is 0 Å². The fourth-order valence-electron chi connectivity index (χ4n) is 2.83. The summed E-state index contributed by atoms with van der Waals surface area (Å²) in [5.74, 6) is -1.12. The van der Waals surface area contributed by atoms with E-state index in [4.69, 9.17) is 4.74 Å². The molecule has 2 aromatic carbocycles. The third-order valence-electron chi connectivity index (χ3n) is 4.12. The van der Waals surface area contributed by atoms with Crippen LogP contribution in [0.15, 0.2) is 59.7 Å². The Morgan fingerprint density at radius 1 is 1.04 bits per heavy atom. The summed E-state index contributed by atoms with van der Waals surface area (Å²) in [5, 5.41) is 4.09. The van der Waals surface area contributed by atoms with E-state index in [0.29, 0.717) is 5.56 Å². The normalized spacial score (nSPS) is 19.3. The van der Waals surface area contributed by atoms with Gasteiger partial charge in [0.15, 0.2) is 11.5 Å². The van der Waals surface area contributed by atoms with Crippen LogP contribution in [0.2, 0.25) is 0 Å². The van der Waals surface area contributed by atoms with E-state index in [1.165, 1.54) is 7.11 Å². The molecular weight excluding hydrogens is 304 g/mol. The lowest BCUT2D eigenvalue weighted by atomic mass is 9.84. The Morgan fingerprint density at radius 2 is 1.71 bits per heavy atom. The summed E-state index contributed by atoms with van der Waals surface area (Å²) in [6.07, 6.45) is 0. The lowest BCUT2D eigenvalue weighted by molar-refractivity contribution is -0.132. The van der Waals surface area contributed by atoms with Crippen molar-refractivity contribution in [3.63, 3.8) is 0 Å². The number of hydrazone groups is 1. The number of esters is 1. The second-order valence-electron chi connectivity index (χ2n) is 5.71. The lowest BCUT2D eigenvalue weighted by Crippen LogP contribution is -2.37. The summed E-state index contributed by atoms with van der Waals surface area (Å²) in [5.41, 5.74) is 5.57. The van der Waals surface area contributed by atoms with E-state index in [0.717, 1.165) is 11.1 Å². The number of Topliss-reactive ketones (excluding diaryl/α,β-unsaturated/α-hetero) is 1. The second kappa shape index (κ2) is 6.66. The summed E-state index contributed by atoms with van der Waals surface area (Å²) < 4.78 is 4.82. The molecule has 2 aromatic rings. The van der Waals surface area contributed by atoms with Gasteiger partial charge in [-0.15, -0.1) is 0 Å². The van der Waals surface area contributed by atoms with Gasteiger partial charge in [-0.2, -0.15) is 5.10 Å². The highest BCUT2D eigenvalue weighted by Gasteiger charge is 2.41. The molecule has 0 bridgehead atoms. The number of nitrogens with one attached hydrogen (secondary N) is 1. The molecule has 5 nitrogen and oxygen atoms in total. The molecule has 0 aromatic heterocycles. The van der Waals surface area contributed by atoms with E-state index >= 15 is 0 Å². The number of rotatable bonds is 4. The SMILES string of the molecule is COC(=O)C1=NNC(C(=O)c2ccccc2)C1c1ccc(C)cc1. The van der Waals surface area contributed by atoms with E-state index in [1.54, 1.807) is 12.1 Å². The van der Waals surface area contributed by atoms with Crippen molar-refractivity contribution in [2.24, 2.45) is 5.10 Å². The first-order valence-corrected chi connectivity index (χ1v) is 7.69. The Kier molecular flexibility index (Phi) is 4.42. The first kappa shape index (κ1) is 15.9. The van der Waals surface area contributed by atoms with Gasteiger partial charge in [0, 0.05) is 5.56 Å². The first-order valence-electron chi connectivity index (χ1n) is 7.69. The van der Waals surface area contributed by atoms with Gasteiger partial charge in [0.05, 0.1) is 13.0 Å². The molecule has 1 heterocycles. The van der Waals surface area contributed by atoms with Gasteiger partial charge in [0.1, 0.15) is 6.04 Å². The molecular formula is C19H18N2O3. The maximum Gasteiger partial charge on any atom is 0.354 e. The topological polar surface area (TPSA) is 67.8 Å². The Labute approximate surface area is 140 Å². The minimum Gasteiger partial charge on any atom is -0.464 e. The van der Waals surface area contributed by atoms with Crippen molar-refractivity contribution in [1.29, 1.82) is 0 Å². The molecule has 2 unspecified atom stereocenters. The first-order chi connectivity index (χ1) is 11.6. The molecule has 0 aliphatic carbocycles. The summed E-state index contributed by atoms with van der Waals surface area (Å²) in [7, 11) is 1.31. The number of carbonyl (C=O) groups is 2. The van der Waals surface area contributed by atoms with Gasteiger partial charge in [-0.3, -0.25) is 10.2 Å². The molecule has 0 radical (unpaired) electrons. The standard InChI is InChI=1S/C19H18N2O3/c1-12-8-10-13(11-9-12)15-16(20-21-17(15)19(23)24-2)18(22)14-6-4-3-5-7-14/h3-11,15-16,20H,1-2H3.